The number of hydrogen-bond donors (Lipinski definition) is 2. The number of rotatable bonds is 4. The minimum absolute atomic E-state index is 0.0397. The molecule has 0 aliphatic carbocycles. The van der Waals surface area contributed by atoms with Gasteiger partial charge in [-0.1, -0.05) is 29.8 Å². The maximum absolute atomic E-state index is 12.5. The fourth-order valence-electron chi connectivity index (χ4n) is 2.87. The van der Waals surface area contributed by atoms with Gasteiger partial charge in [0.05, 0.1) is 0 Å². The van der Waals surface area contributed by atoms with Gasteiger partial charge < -0.3 is 15.5 Å². The summed E-state index contributed by atoms with van der Waals surface area (Å²) in [5.41, 5.74) is 3.85. The van der Waals surface area contributed by atoms with Gasteiger partial charge in [0.1, 0.15) is 6.04 Å². The van der Waals surface area contributed by atoms with E-state index in [1.165, 1.54) is 5.56 Å². The molecule has 0 spiro atoms. The molecule has 1 aromatic heterocycles. The summed E-state index contributed by atoms with van der Waals surface area (Å²) in [7, 11) is 0. The van der Waals surface area contributed by atoms with Crippen LogP contribution in [0.15, 0.2) is 42.7 Å². The molecule has 0 bridgehead atoms. The summed E-state index contributed by atoms with van der Waals surface area (Å²) in [6, 6.07) is 9.02. The highest BCUT2D eigenvalue weighted by atomic mass is 16.2. The molecule has 130 valence electrons. The first kappa shape index (κ1) is 17.0. The average molecular weight is 338 g/mol. The predicted octanol–water partition coefficient (Wildman–Crippen LogP) is 2.62. The van der Waals surface area contributed by atoms with Gasteiger partial charge in [0.2, 0.25) is 5.91 Å². The molecule has 2 aromatic rings. The highest BCUT2D eigenvalue weighted by Crippen LogP contribution is 2.16. The van der Waals surface area contributed by atoms with Gasteiger partial charge in [-0.3, -0.25) is 9.78 Å². The van der Waals surface area contributed by atoms with Crippen molar-refractivity contribution in [1.29, 1.82) is 0 Å². The van der Waals surface area contributed by atoms with Gasteiger partial charge in [-0.05, 0) is 37.5 Å². The zero-order valence-electron chi connectivity index (χ0n) is 14.5. The molecule has 6 nitrogen and oxygen atoms in total. The fourth-order valence-corrected chi connectivity index (χ4v) is 2.87. The predicted molar refractivity (Wildman–Crippen MR) is 96.1 cm³/mol. The van der Waals surface area contributed by atoms with Crippen LogP contribution in [0.2, 0.25) is 0 Å². The summed E-state index contributed by atoms with van der Waals surface area (Å²) in [4.78, 5) is 30.4. The molecule has 1 atom stereocenters. The summed E-state index contributed by atoms with van der Waals surface area (Å²) in [5, 5.41) is 5.54. The maximum atomic E-state index is 12.5. The Morgan fingerprint density at radius 3 is 2.72 bits per heavy atom. The lowest BCUT2D eigenvalue weighted by Gasteiger charge is -2.18. The van der Waals surface area contributed by atoms with E-state index in [0.29, 0.717) is 25.2 Å². The van der Waals surface area contributed by atoms with E-state index in [2.05, 4.69) is 15.6 Å². The molecule has 25 heavy (non-hydrogen) atoms. The van der Waals surface area contributed by atoms with Crippen LogP contribution >= 0.6 is 0 Å². The van der Waals surface area contributed by atoms with Gasteiger partial charge in [0.15, 0.2) is 0 Å². The van der Waals surface area contributed by atoms with Crippen molar-refractivity contribution in [1.82, 2.24) is 15.2 Å². The number of aryl methyl sites for hydroxylation is 2. The molecule has 0 radical (unpaired) electrons. The van der Waals surface area contributed by atoms with E-state index in [-0.39, 0.29) is 11.9 Å². The minimum atomic E-state index is -0.479. The Bertz CT molecular complexity index is 773. The smallest absolute Gasteiger partial charge is 0.319 e. The maximum Gasteiger partial charge on any atom is 0.319 e. The minimum Gasteiger partial charge on any atom is -0.336 e. The van der Waals surface area contributed by atoms with Crippen LogP contribution < -0.4 is 10.6 Å². The van der Waals surface area contributed by atoms with Crippen LogP contribution in [0.25, 0.3) is 0 Å². The SMILES string of the molecule is Cc1ccc(CN2CC[C@@H](NC(=O)Nc3ccncc3C)C2=O)cc1. The standard InChI is InChI=1S/C19H22N4O2/c1-13-3-5-15(6-4-13)12-23-10-8-17(18(23)24)22-19(25)21-16-7-9-20-11-14(16)2/h3-7,9,11,17H,8,10,12H2,1-2H3,(H2,20,21,22,25)/t17-/m1/s1. The number of hydrogen-bond acceptors (Lipinski definition) is 3. The monoisotopic (exact) mass is 338 g/mol. The second-order valence-electron chi connectivity index (χ2n) is 6.38. The normalized spacial score (nSPS) is 16.8. The van der Waals surface area contributed by atoms with E-state index in [0.717, 1.165) is 11.1 Å². The molecule has 6 heteroatoms. The van der Waals surface area contributed by atoms with Crippen LogP contribution in [0.1, 0.15) is 23.1 Å². The van der Waals surface area contributed by atoms with Crippen LogP contribution in [-0.4, -0.2) is 34.4 Å². The molecule has 0 unspecified atom stereocenters. The molecule has 1 aromatic carbocycles. The molecular weight excluding hydrogens is 316 g/mol. The lowest BCUT2D eigenvalue weighted by molar-refractivity contribution is -0.129. The van der Waals surface area contributed by atoms with E-state index in [4.69, 9.17) is 0 Å². The molecular formula is C19H22N4O2. The summed E-state index contributed by atoms with van der Waals surface area (Å²) in [6.45, 7) is 5.12. The summed E-state index contributed by atoms with van der Waals surface area (Å²) < 4.78 is 0. The molecule has 3 amide bonds. The molecule has 1 fully saturated rings. The highest BCUT2D eigenvalue weighted by molar-refractivity contribution is 5.94. The quantitative estimate of drug-likeness (QED) is 0.900. The average Bonchev–Trinajstić information content (AvgIpc) is 2.92. The molecule has 0 saturated carbocycles. The number of benzene rings is 1. The van der Waals surface area contributed by atoms with Crippen molar-refractivity contribution in [2.75, 3.05) is 11.9 Å². The number of nitrogens with zero attached hydrogens (tertiary/aromatic N) is 2. The summed E-state index contributed by atoms with van der Waals surface area (Å²) in [5.74, 6) is -0.0397. The highest BCUT2D eigenvalue weighted by Gasteiger charge is 2.32. The largest absolute Gasteiger partial charge is 0.336 e. The molecule has 1 saturated heterocycles. The van der Waals surface area contributed by atoms with Crippen molar-refractivity contribution >= 4 is 17.6 Å². The Labute approximate surface area is 147 Å². The third-order valence-electron chi connectivity index (χ3n) is 4.37. The molecule has 1 aliphatic heterocycles. The number of likely N-dealkylation sites (tertiary alicyclic amines) is 1. The van der Waals surface area contributed by atoms with Gasteiger partial charge in [0, 0.05) is 31.2 Å². The van der Waals surface area contributed by atoms with Crippen LogP contribution in [0.4, 0.5) is 10.5 Å². The molecule has 3 rings (SSSR count). The lowest BCUT2D eigenvalue weighted by Crippen LogP contribution is -2.43. The first-order valence-corrected chi connectivity index (χ1v) is 8.35. The number of pyridine rings is 1. The van der Waals surface area contributed by atoms with E-state index < -0.39 is 6.04 Å². The van der Waals surface area contributed by atoms with Crippen molar-refractivity contribution < 1.29 is 9.59 Å². The summed E-state index contributed by atoms with van der Waals surface area (Å²) in [6.07, 6.45) is 3.92. The topological polar surface area (TPSA) is 74.3 Å². The number of nitrogens with one attached hydrogen (secondary N) is 2. The van der Waals surface area contributed by atoms with Crippen molar-refractivity contribution in [3.8, 4) is 0 Å². The number of amides is 3. The van der Waals surface area contributed by atoms with Crippen molar-refractivity contribution in [2.45, 2.75) is 32.9 Å². The summed E-state index contributed by atoms with van der Waals surface area (Å²) >= 11 is 0. The van der Waals surface area contributed by atoms with Crippen LogP contribution in [-0.2, 0) is 11.3 Å². The van der Waals surface area contributed by atoms with Crippen molar-refractivity contribution in [3.63, 3.8) is 0 Å². The zero-order valence-corrected chi connectivity index (χ0v) is 14.5. The number of aromatic nitrogens is 1. The number of carbonyl (C=O) groups excluding carboxylic acids is 2. The van der Waals surface area contributed by atoms with E-state index in [1.54, 1.807) is 23.4 Å². The number of anilines is 1. The first-order valence-electron chi connectivity index (χ1n) is 8.35. The van der Waals surface area contributed by atoms with Gasteiger partial charge in [-0.2, -0.15) is 0 Å². The Balaban J connectivity index is 1.55. The molecule has 2 heterocycles. The van der Waals surface area contributed by atoms with E-state index in [1.807, 2.05) is 38.1 Å². The number of urea groups is 1. The van der Waals surface area contributed by atoms with Gasteiger partial charge in [0.25, 0.3) is 0 Å². The molecule has 2 N–H and O–H groups in total. The first-order chi connectivity index (χ1) is 12.0. The number of carbonyl (C=O) groups is 2. The third kappa shape index (κ3) is 4.15. The van der Waals surface area contributed by atoms with E-state index >= 15 is 0 Å². The van der Waals surface area contributed by atoms with Gasteiger partial charge in [-0.15, -0.1) is 0 Å². The Hall–Kier alpha value is -2.89. The van der Waals surface area contributed by atoms with Crippen molar-refractivity contribution in [2.24, 2.45) is 0 Å². The third-order valence-corrected chi connectivity index (χ3v) is 4.37. The van der Waals surface area contributed by atoms with Gasteiger partial charge in [-0.25, -0.2) is 4.79 Å². The molecule has 1 aliphatic rings. The fraction of sp³-hybridized carbons (Fsp3) is 0.316. The lowest BCUT2D eigenvalue weighted by atomic mass is 10.1. The second kappa shape index (κ2) is 7.34. The van der Waals surface area contributed by atoms with Crippen LogP contribution in [0.3, 0.4) is 0 Å². The Morgan fingerprint density at radius 1 is 1.24 bits per heavy atom. The van der Waals surface area contributed by atoms with Crippen molar-refractivity contribution in [3.05, 3.63) is 59.4 Å². The van der Waals surface area contributed by atoms with Crippen LogP contribution in [0.5, 0.6) is 0 Å². The zero-order chi connectivity index (χ0) is 17.8. The van der Waals surface area contributed by atoms with Gasteiger partial charge >= 0.3 is 6.03 Å². The van der Waals surface area contributed by atoms with Crippen LogP contribution in [0, 0.1) is 13.8 Å². The van der Waals surface area contributed by atoms with E-state index in [9.17, 15) is 9.59 Å². The second-order valence-corrected chi connectivity index (χ2v) is 6.38. The Kier molecular flexibility index (Phi) is 4.97. The Morgan fingerprint density at radius 2 is 2.00 bits per heavy atom.